The van der Waals surface area contributed by atoms with Crippen molar-refractivity contribution < 1.29 is 19.5 Å². The van der Waals surface area contributed by atoms with Gasteiger partial charge in [-0.2, -0.15) is 0 Å². The fourth-order valence-electron chi connectivity index (χ4n) is 2.67. The number of H-pyrrole nitrogens is 1. The number of carbonyl (C=O) groups excluding carboxylic acids is 2. The average molecular weight is 360 g/mol. The summed E-state index contributed by atoms with van der Waals surface area (Å²) in [5.41, 5.74) is 7.81. The smallest absolute Gasteiger partial charge is 0.326 e. The molecule has 0 saturated carbocycles. The lowest BCUT2D eigenvalue weighted by Gasteiger charge is -2.18. The molecule has 2 rings (SSSR count). The number of fused-ring (bicyclic) bond motifs is 1. The van der Waals surface area contributed by atoms with E-state index >= 15 is 0 Å². The number of benzene rings is 1. The largest absolute Gasteiger partial charge is 0.480 e. The Morgan fingerprint density at radius 3 is 2.58 bits per heavy atom. The molecule has 2 aromatic rings. The summed E-state index contributed by atoms with van der Waals surface area (Å²) in [7, 11) is 0. The summed E-state index contributed by atoms with van der Waals surface area (Å²) < 4.78 is 0. The van der Waals surface area contributed by atoms with Gasteiger partial charge in [-0.25, -0.2) is 4.79 Å². The Hall–Kier alpha value is -2.87. The number of aliphatic carboxylic acids is 1. The van der Waals surface area contributed by atoms with Crippen LogP contribution in [0.25, 0.3) is 10.9 Å². The number of carboxylic acids is 1. The first-order valence-electron chi connectivity index (χ1n) is 8.40. The maximum Gasteiger partial charge on any atom is 0.326 e. The summed E-state index contributed by atoms with van der Waals surface area (Å²) in [5, 5.41) is 14.9. The normalized spacial score (nSPS) is 13.4. The lowest BCUT2D eigenvalue weighted by molar-refractivity contribution is -0.143. The lowest BCUT2D eigenvalue weighted by Crippen LogP contribution is -2.50. The van der Waals surface area contributed by atoms with E-state index in [0.717, 1.165) is 16.5 Å². The quantitative estimate of drug-likeness (QED) is 0.463. The van der Waals surface area contributed by atoms with E-state index in [2.05, 4.69) is 15.6 Å². The number of hydrogen-bond donors (Lipinski definition) is 5. The molecule has 26 heavy (non-hydrogen) atoms. The summed E-state index contributed by atoms with van der Waals surface area (Å²) in [6.07, 6.45) is 2.13. The highest BCUT2D eigenvalue weighted by atomic mass is 16.4. The molecule has 0 fully saturated rings. The third-order valence-corrected chi connectivity index (χ3v) is 4.12. The van der Waals surface area contributed by atoms with Crippen molar-refractivity contribution in [2.75, 3.05) is 6.54 Å². The maximum absolute atomic E-state index is 12.1. The first-order chi connectivity index (χ1) is 12.3. The van der Waals surface area contributed by atoms with Crippen molar-refractivity contribution in [1.29, 1.82) is 0 Å². The van der Waals surface area contributed by atoms with Gasteiger partial charge in [-0.05, 0) is 24.0 Å². The summed E-state index contributed by atoms with van der Waals surface area (Å²) in [6.45, 7) is 3.06. The van der Waals surface area contributed by atoms with E-state index in [-0.39, 0.29) is 12.5 Å². The Labute approximate surface area is 151 Å². The number of aromatic nitrogens is 1. The molecule has 0 bridgehead atoms. The van der Waals surface area contributed by atoms with Gasteiger partial charge in [0.2, 0.25) is 11.8 Å². The zero-order valence-electron chi connectivity index (χ0n) is 14.8. The monoisotopic (exact) mass is 360 g/mol. The van der Waals surface area contributed by atoms with E-state index in [1.165, 1.54) is 0 Å². The molecule has 0 spiro atoms. The van der Waals surface area contributed by atoms with Crippen molar-refractivity contribution in [3.63, 3.8) is 0 Å². The Morgan fingerprint density at radius 2 is 1.92 bits per heavy atom. The third-order valence-electron chi connectivity index (χ3n) is 4.12. The van der Waals surface area contributed by atoms with Crippen LogP contribution in [0.3, 0.4) is 0 Å². The molecule has 0 aliphatic rings. The highest BCUT2D eigenvalue weighted by Gasteiger charge is 2.24. The highest BCUT2D eigenvalue weighted by Crippen LogP contribution is 2.18. The predicted octanol–water partition coefficient (Wildman–Crippen LogP) is 0.379. The summed E-state index contributed by atoms with van der Waals surface area (Å²) in [4.78, 5) is 38.2. The first-order valence-corrected chi connectivity index (χ1v) is 8.40. The van der Waals surface area contributed by atoms with Gasteiger partial charge in [0.25, 0.3) is 0 Å². The SMILES string of the molecule is CC(C)[C@H](NC(=O)CNC(=O)[C@@H](N)Cc1c[nH]c2ccccc12)C(=O)O. The maximum atomic E-state index is 12.1. The molecule has 6 N–H and O–H groups in total. The van der Waals surface area contributed by atoms with Gasteiger partial charge in [-0.3, -0.25) is 9.59 Å². The molecule has 140 valence electrons. The van der Waals surface area contributed by atoms with Crippen LogP contribution in [-0.2, 0) is 20.8 Å². The van der Waals surface area contributed by atoms with E-state index in [9.17, 15) is 14.4 Å². The van der Waals surface area contributed by atoms with Crippen molar-refractivity contribution in [2.24, 2.45) is 11.7 Å². The first kappa shape index (κ1) is 19.5. The Kier molecular flexibility index (Phi) is 6.35. The van der Waals surface area contributed by atoms with Crippen molar-refractivity contribution in [3.8, 4) is 0 Å². The topological polar surface area (TPSA) is 137 Å². The van der Waals surface area contributed by atoms with Gasteiger partial charge in [0.05, 0.1) is 12.6 Å². The molecule has 1 aromatic heterocycles. The molecular formula is C18H24N4O4. The van der Waals surface area contributed by atoms with Gasteiger partial charge >= 0.3 is 5.97 Å². The molecule has 2 atom stereocenters. The van der Waals surface area contributed by atoms with Gasteiger partial charge in [-0.1, -0.05) is 32.0 Å². The minimum Gasteiger partial charge on any atom is -0.480 e. The second-order valence-electron chi connectivity index (χ2n) is 6.52. The molecule has 8 nitrogen and oxygen atoms in total. The molecule has 2 amide bonds. The van der Waals surface area contributed by atoms with Crippen molar-refractivity contribution in [1.82, 2.24) is 15.6 Å². The van der Waals surface area contributed by atoms with Gasteiger partial charge in [0.15, 0.2) is 0 Å². The number of amides is 2. The van der Waals surface area contributed by atoms with Gasteiger partial charge in [0.1, 0.15) is 6.04 Å². The number of nitrogens with one attached hydrogen (secondary N) is 3. The Balaban J connectivity index is 1.87. The zero-order chi connectivity index (χ0) is 19.3. The Morgan fingerprint density at radius 1 is 1.23 bits per heavy atom. The van der Waals surface area contributed by atoms with E-state index in [1.54, 1.807) is 13.8 Å². The fraction of sp³-hybridized carbons (Fsp3) is 0.389. The molecule has 8 heteroatoms. The minimum absolute atomic E-state index is 0.267. The molecule has 0 aliphatic heterocycles. The highest BCUT2D eigenvalue weighted by molar-refractivity contribution is 5.90. The minimum atomic E-state index is -1.12. The average Bonchev–Trinajstić information content (AvgIpc) is 3.00. The number of rotatable bonds is 8. The number of nitrogens with two attached hydrogens (primary N) is 1. The van der Waals surface area contributed by atoms with Crippen LogP contribution >= 0.6 is 0 Å². The van der Waals surface area contributed by atoms with Crippen LogP contribution in [0.4, 0.5) is 0 Å². The van der Waals surface area contributed by atoms with Crippen LogP contribution in [0, 0.1) is 5.92 Å². The molecule has 0 aliphatic carbocycles. The van der Waals surface area contributed by atoms with E-state index < -0.39 is 29.9 Å². The Bertz CT molecular complexity index is 799. The lowest BCUT2D eigenvalue weighted by atomic mass is 10.0. The van der Waals surface area contributed by atoms with Crippen LogP contribution in [0.1, 0.15) is 19.4 Å². The number of hydrogen-bond acceptors (Lipinski definition) is 4. The number of carboxylic acid groups (broad SMARTS) is 1. The number of carbonyl (C=O) groups is 3. The molecule has 1 aromatic carbocycles. The molecule has 0 saturated heterocycles. The predicted molar refractivity (Wildman–Crippen MR) is 97.4 cm³/mol. The summed E-state index contributed by atoms with van der Waals surface area (Å²) in [6, 6.07) is 5.87. The van der Waals surface area contributed by atoms with Crippen LogP contribution in [-0.4, -0.2) is 46.5 Å². The van der Waals surface area contributed by atoms with Crippen LogP contribution in [0.5, 0.6) is 0 Å². The van der Waals surface area contributed by atoms with E-state index in [4.69, 9.17) is 10.8 Å². The second-order valence-corrected chi connectivity index (χ2v) is 6.52. The molecular weight excluding hydrogens is 336 g/mol. The van der Waals surface area contributed by atoms with E-state index in [0.29, 0.717) is 6.42 Å². The van der Waals surface area contributed by atoms with Gasteiger partial charge in [0, 0.05) is 17.1 Å². The van der Waals surface area contributed by atoms with Crippen LogP contribution in [0.2, 0.25) is 0 Å². The van der Waals surface area contributed by atoms with Crippen molar-refractivity contribution in [3.05, 3.63) is 36.0 Å². The van der Waals surface area contributed by atoms with Crippen LogP contribution < -0.4 is 16.4 Å². The molecule has 1 heterocycles. The van der Waals surface area contributed by atoms with Crippen molar-refractivity contribution >= 4 is 28.7 Å². The van der Waals surface area contributed by atoms with Gasteiger partial charge < -0.3 is 26.5 Å². The second kappa shape index (κ2) is 8.48. The van der Waals surface area contributed by atoms with Crippen LogP contribution in [0.15, 0.2) is 30.5 Å². The summed E-state index contributed by atoms with van der Waals surface area (Å²) >= 11 is 0. The number of para-hydroxylation sites is 1. The summed E-state index contributed by atoms with van der Waals surface area (Å²) in [5.74, 6) is -2.42. The zero-order valence-corrected chi connectivity index (χ0v) is 14.8. The number of aromatic amines is 1. The molecule has 0 radical (unpaired) electrons. The van der Waals surface area contributed by atoms with Crippen molar-refractivity contribution in [2.45, 2.75) is 32.4 Å². The molecule has 0 unspecified atom stereocenters. The van der Waals surface area contributed by atoms with Gasteiger partial charge in [-0.15, -0.1) is 0 Å². The fourth-order valence-corrected chi connectivity index (χ4v) is 2.67. The standard InChI is InChI=1S/C18H24N4O4/c1-10(2)16(18(25)26)22-15(23)9-21-17(24)13(19)7-11-8-20-14-6-4-3-5-12(11)14/h3-6,8,10,13,16,20H,7,9,19H2,1-2H3,(H,21,24)(H,22,23)(H,25,26)/t13-,16-/m0/s1. The van der Waals surface area contributed by atoms with E-state index in [1.807, 2.05) is 30.5 Å². The third kappa shape index (κ3) is 4.82.